The van der Waals surface area contributed by atoms with Crippen LogP contribution in [-0.4, -0.2) is 21.4 Å². The molecule has 1 aromatic carbocycles. The molecule has 0 aliphatic heterocycles. The molecule has 0 fully saturated rings. The molecule has 3 rings (SSSR count). The zero-order chi connectivity index (χ0) is 16.1. The van der Waals surface area contributed by atoms with Gasteiger partial charge in [0.25, 0.3) is 0 Å². The molecule has 0 bridgehead atoms. The smallest absolute Gasteiger partial charge is 0.132 e. The number of pyridine rings is 1. The van der Waals surface area contributed by atoms with Gasteiger partial charge >= 0.3 is 0 Å². The lowest BCUT2D eigenvalue weighted by Gasteiger charge is -2.05. The summed E-state index contributed by atoms with van der Waals surface area (Å²) in [5.74, 6) is 0.498. The highest BCUT2D eigenvalue weighted by atomic mass is 16.5. The lowest BCUT2D eigenvalue weighted by molar-refractivity contribution is 0.134. The normalized spacial score (nSPS) is 10.8. The minimum atomic E-state index is 0.498. The van der Waals surface area contributed by atoms with Gasteiger partial charge in [-0.15, -0.1) is 0 Å². The topological polar surface area (TPSA) is 66.0 Å². The van der Waals surface area contributed by atoms with Crippen LogP contribution in [0.25, 0.3) is 11.3 Å². The molecule has 2 aromatic heterocycles. The summed E-state index contributed by atoms with van der Waals surface area (Å²) in [6.45, 7) is 4.10. The van der Waals surface area contributed by atoms with Crippen molar-refractivity contribution in [3.8, 4) is 11.3 Å². The molecule has 23 heavy (non-hydrogen) atoms. The largest absolute Gasteiger partial charge is 0.383 e. The van der Waals surface area contributed by atoms with E-state index in [-0.39, 0.29) is 0 Å². The Morgan fingerprint density at radius 3 is 2.61 bits per heavy atom. The Bertz CT molecular complexity index is 765. The Kier molecular flexibility index (Phi) is 4.68. The number of hydrogen-bond donors (Lipinski definition) is 1. The molecule has 3 aromatic rings. The van der Waals surface area contributed by atoms with Crippen LogP contribution in [0.3, 0.4) is 0 Å². The molecule has 2 N–H and O–H groups in total. The second kappa shape index (κ2) is 7.07. The predicted molar refractivity (Wildman–Crippen MR) is 90.7 cm³/mol. The third kappa shape index (κ3) is 3.76. The summed E-state index contributed by atoms with van der Waals surface area (Å²) in [5, 5.41) is 4.58. The third-order valence-corrected chi connectivity index (χ3v) is 3.60. The quantitative estimate of drug-likeness (QED) is 0.760. The van der Waals surface area contributed by atoms with E-state index in [1.165, 1.54) is 11.1 Å². The molecule has 0 radical (unpaired) electrons. The molecule has 0 unspecified atom stereocenters. The van der Waals surface area contributed by atoms with Crippen LogP contribution in [0.2, 0.25) is 0 Å². The van der Waals surface area contributed by atoms with E-state index in [2.05, 4.69) is 34.3 Å². The van der Waals surface area contributed by atoms with Crippen molar-refractivity contribution in [3.05, 3.63) is 66.0 Å². The summed E-state index contributed by atoms with van der Waals surface area (Å²) in [5.41, 5.74) is 9.97. The van der Waals surface area contributed by atoms with E-state index in [1.807, 2.05) is 36.0 Å². The Balaban J connectivity index is 1.71. The lowest BCUT2D eigenvalue weighted by Crippen LogP contribution is -2.01. The van der Waals surface area contributed by atoms with E-state index >= 15 is 0 Å². The molecular formula is C18H20N4O. The SMILES string of the molecule is CCOCc1ccc(Cn2ccc(-c3cccnc3N)n2)cc1. The number of aromatic nitrogens is 3. The monoisotopic (exact) mass is 308 g/mol. The van der Waals surface area contributed by atoms with Crippen LogP contribution in [0.15, 0.2) is 54.9 Å². The van der Waals surface area contributed by atoms with E-state index < -0.39 is 0 Å². The summed E-state index contributed by atoms with van der Waals surface area (Å²) < 4.78 is 7.31. The number of rotatable bonds is 6. The highest BCUT2D eigenvalue weighted by Crippen LogP contribution is 2.21. The van der Waals surface area contributed by atoms with Gasteiger partial charge < -0.3 is 10.5 Å². The minimum Gasteiger partial charge on any atom is -0.383 e. The molecule has 0 spiro atoms. The Hall–Kier alpha value is -2.66. The number of benzene rings is 1. The van der Waals surface area contributed by atoms with Gasteiger partial charge in [-0.2, -0.15) is 5.10 Å². The first-order valence-corrected chi connectivity index (χ1v) is 7.66. The standard InChI is InChI=1S/C18H20N4O/c1-2-23-13-15-7-5-14(6-8-15)12-22-11-9-17(21-22)16-4-3-10-20-18(16)19/h3-11H,2,12-13H2,1H3,(H2,19,20). The highest BCUT2D eigenvalue weighted by Gasteiger charge is 2.07. The molecule has 118 valence electrons. The van der Waals surface area contributed by atoms with Crippen LogP contribution < -0.4 is 5.73 Å². The summed E-state index contributed by atoms with van der Waals surface area (Å²) in [4.78, 5) is 4.10. The molecule has 5 heteroatoms. The number of nitrogens with two attached hydrogens (primary N) is 1. The highest BCUT2D eigenvalue weighted by molar-refractivity contribution is 5.70. The molecule has 5 nitrogen and oxygen atoms in total. The van der Waals surface area contributed by atoms with Gasteiger partial charge in [0, 0.05) is 24.6 Å². The predicted octanol–water partition coefficient (Wildman–Crippen LogP) is 3.11. The Morgan fingerprint density at radius 2 is 1.87 bits per heavy atom. The molecule has 0 atom stereocenters. The average Bonchev–Trinajstić information content (AvgIpc) is 3.03. The van der Waals surface area contributed by atoms with E-state index in [9.17, 15) is 0 Å². The minimum absolute atomic E-state index is 0.498. The molecule has 2 heterocycles. The number of ether oxygens (including phenoxy) is 1. The van der Waals surface area contributed by atoms with E-state index in [1.54, 1.807) is 6.20 Å². The fourth-order valence-corrected chi connectivity index (χ4v) is 2.38. The van der Waals surface area contributed by atoms with Crippen LogP contribution in [0.5, 0.6) is 0 Å². The molecule has 0 saturated heterocycles. The first-order chi connectivity index (χ1) is 11.3. The Morgan fingerprint density at radius 1 is 1.09 bits per heavy atom. The molecule has 0 saturated carbocycles. The van der Waals surface area contributed by atoms with Crippen LogP contribution >= 0.6 is 0 Å². The zero-order valence-electron chi connectivity index (χ0n) is 13.1. The fraction of sp³-hybridized carbons (Fsp3) is 0.222. The summed E-state index contributed by atoms with van der Waals surface area (Å²) in [6, 6.07) is 14.1. The van der Waals surface area contributed by atoms with Crippen molar-refractivity contribution in [1.82, 2.24) is 14.8 Å². The number of nitrogens with zero attached hydrogens (tertiary/aromatic N) is 3. The fourth-order valence-electron chi connectivity index (χ4n) is 2.38. The summed E-state index contributed by atoms with van der Waals surface area (Å²) in [7, 11) is 0. The first-order valence-electron chi connectivity index (χ1n) is 7.66. The van der Waals surface area contributed by atoms with Gasteiger partial charge in [0.05, 0.1) is 18.8 Å². The van der Waals surface area contributed by atoms with Crippen molar-refractivity contribution < 1.29 is 4.74 Å². The van der Waals surface area contributed by atoms with Crippen molar-refractivity contribution in [2.75, 3.05) is 12.3 Å². The van der Waals surface area contributed by atoms with Gasteiger partial charge in [-0.05, 0) is 36.2 Å². The van der Waals surface area contributed by atoms with E-state index in [0.29, 0.717) is 12.4 Å². The second-order valence-electron chi connectivity index (χ2n) is 5.29. The summed E-state index contributed by atoms with van der Waals surface area (Å²) >= 11 is 0. The van der Waals surface area contributed by atoms with Gasteiger partial charge in [-0.1, -0.05) is 24.3 Å². The van der Waals surface area contributed by atoms with Gasteiger partial charge in [-0.3, -0.25) is 4.68 Å². The summed E-state index contributed by atoms with van der Waals surface area (Å²) in [6.07, 6.45) is 3.63. The van der Waals surface area contributed by atoms with Crippen molar-refractivity contribution in [1.29, 1.82) is 0 Å². The van der Waals surface area contributed by atoms with Crippen molar-refractivity contribution in [2.24, 2.45) is 0 Å². The average molecular weight is 308 g/mol. The maximum absolute atomic E-state index is 5.90. The maximum atomic E-state index is 5.90. The third-order valence-electron chi connectivity index (χ3n) is 3.60. The molecular weight excluding hydrogens is 288 g/mol. The Labute approximate surface area is 135 Å². The van der Waals surface area contributed by atoms with Crippen molar-refractivity contribution in [2.45, 2.75) is 20.1 Å². The van der Waals surface area contributed by atoms with Crippen LogP contribution in [0, 0.1) is 0 Å². The van der Waals surface area contributed by atoms with Gasteiger partial charge in [-0.25, -0.2) is 4.98 Å². The number of nitrogen functional groups attached to an aromatic ring is 1. The van der Waals surface area contributed by atoms with E-state index in [0.717, 1.165) is 24.4 Å². The van der Waals surface area contributed by atoms with Crippen molar-refractivity contribution >= 4 is 5.82 Å². The second-order valence-corrected chi connectivity index (χ2v) is 5.29. The maximum Gasteiger partial charge on any atom is 0.132 e. The number of hydrogen-bond acceptors (Lipinski definition) is 4. The van der Waals surface area contributed by atoms with Gasteiger partial charge in [0.1, 0.15) is 5.82 Å². The lowest BCUT2D eigenvalue weighted by atomic mass is 10.1. The van der Waals surface area contributed by atoms with Crippen molar-refractivity contribution in [3.63, 3.8) is 0 Å². The van der Waals surface area contributed by atoms with Gasteiger partial charge in [0.15, 0.2) is 0 Å². The van der Waals surface area contributed by atoms with Crippen LogP contribution in [-0.2, 0) is 17.9 Å². The van der Waals surface area contributed by atoms with Gasteiger partial charge in [0.2, 0.25) is 0 Å². The molecule has 0 amide bonds. The number of anilines is 1. The zero-order valence-corrected chi connectivity index (χ0v) is 13.1. The first kappa shape index (κ1) is 15.2. The molecule has 0 aliphatic carbocycles. The van der Waals surface area contributed by atoms with Crippen LogP contribution in [0.1, 0.15) is 18.1 Å². The molecule has 0 aliphatic rings. The van der Waals surface area contributed by atoms with E-state index in [4.69, 9.17) is 10.5 Å². The van der Waals surface area contributed by atoms with Crippen LogP contribution in [0.4, 0.5) is 5.82 Å².